The van der Waals surface area contributed by atoms with Crippen LogP contribution in [-0.2, 0) is 23.7 Å². The first kappa shape index (κ1) is 38.2. The third kappa shape index (κ3) is 9.50. The van der Waals surface area contributed by atoms with Gasteiger partial charge < -0.3 is 39.4 Å². The largest absolute Gasteiger partial charge is 0.490 e. The van der Waals surface area contributed by atoms with E-state index >= 15 is 0 Å². The second-order valence-corrected chi connectivity index (χ2v) is 13.6. The molecule has 4 N–H and O–H groups in total. The van der Waals surface area contributed by atoms with Gasteiger partial charge in [0.05, 0.1) is 31.5 Å². The van der Waals surface area contributed by atoms with Crippen molar-refractivity contribution in [2.45, 2.75) is 118 Å². The monoisotopic (exact) mass is 622 g/mol. The van der Waals surface area contributed by atoms with Gasteiger partial charge in [-0.1, -0.05) is 83.9 Å². The van der Waals surface area contributed by atoms with Crippen LogP contribution in [0.3, 0.4) is 0 Å². The van der Waals surface area contributed by atoms with E-state index in [4.69, 9.17) is 18.9 Å². The summed E-state index contributed by atoms with van der Waals surface area (Å²) in [6.07, 6.45) is 4.85. The Kier molecular flexibility index (Phi) is 14.3. The van der Waals surface area contributed by atoms with Gasteiger partial charge in [-0.3, -0.25) is 0 Å². The highest BCUT2D eigenvalue weighted by molar-refractivity contribution is 5.87. The number of methoxy groups -OCH3 is 2. The summed E-state index contributed by atoms with van der Waals surface area (Å²) in [4.78, 5) is 13.5. The molecule has 0 aromatic heterocycles. The predicted octanol–water partition coefficient (Wildman–Crippen LogP) is 4.69. The lowest BCUT2D eigenvalue weighted by Crippen LogP contribution is -2.59. The standard InChI is InChI=1S/C35H58O9/c1-19(2)32-24(7)27(36)18-35(40,44-32)26(9)31(38)25(8)33-28(41-10)14-12-13-20(3)15-22(5)30(37)23(6)16-21(4)17-29(42-11)34(39)43-33/h12-14,16-17,19,22-28,30-33,36-38,40H,15,18H2,1-11H3/b14-12+,20-13+,21-16+,29-17-/t22-,23+,24-,25-,26-,27+,28-,30-,31+,32+,33?,35+/m0/s1. The SMILES string of the molecule is CO/C1=C\C(C)=C\[C@@H](C)[C@@H](O)[C@@H](C)C/C(C)=C/C=C/[C@H](OC)C([C@@H](C)[C@@H](O)[C@H](C)[C@@]2(O)C[C@@H](O)[C@H](C)[C@@H](C(C)C)O2)OC1=O. The molecule has 2 aliphatic rings. The van der Waals surface area contributed by atoms with Crippen LogP contribution >= 0.6 is 0 Å². The van der Waals surface area contributed by atoms with E-state index in [0.717, 1.165) is 11.1 Å². The van der Waals surface area contributed by atoms with E-state index in [1.807, 2.05) is 66.7 Å². The van der Waals surface area contributed by atoms with E-state index in [0.29, 0.717) is 6.42 Å². The maximum atomic E-state index is 13.5. The van der Waals surface area contributed by atoms with Gasteiger partial charge in [0.1, 0.15) is 12.2 Å². The van der Waals surface area contributed by atoms with Gasteiger partial charge in [0, 0.05) is 37.2 Å². The third-order valence-electron chi connectivity index (χ3n) is 9.50. The molecule has 1 fully saturated rings. The molecule has 2 rings (SSSR count). The quantitative estimate of drug-likeness (QED) is 0.298. The molecule has 12 atom stereocenters. The fraction of sp³-hybridized carbons (Fsp3) is 0.743. The Morgan fingerprint density at radius 3 is 2.25 bits per heavy atom. The molecule has 44 heavy (non-hydrogen) atoms. The van der Waals surface area contributed by atoms with Gasteiger partial charge in [-0.25, -0.2) is 4.79 Å². The first-order valence-corrected chi connectivity index (χ1v) is 15.9. The summed E-state index contributed by atoms with van der Waals surface area (Å²) in [7, 11) is 2.87. The van der Waals surface area contributed by atoms with E-state index in [1.54, 1.807) is 26.0 Å². The molecule has 252 valence electrons. The average molecular weight is 623 g/mol. The Balaban J connectivity index is 2.52. The molecule has 0 spiro atoms. The maximum absolute atomic E-state index is 13.5. The molecule has 0 aromatic carbocycles. The number of rotatable bonds is 7. The van der Waals surface area contributed by atoms with Crippen LogP contribution in [0.15, 0.2) is 47.3 Å². The van der Waals surface area contributed by atoms with Gasteiger partial charge in [0.15, 0.2) is 5.79 Å². The van der Waals surface area contributed by atoms with Crippen molar-refractivity contribution >= 4 is 5.97 Å². The van der Waals surface area contributed by atoms with Gasteiger partial charge in [-0.15, -0.1) is 0 Å². The summed E-state index contributed by atoms with van der Waals surface area (Å²) in [5.74, 6) is -4.49. The summed E-state index contributed by atoms with van der Waals surface area (Å²) in [6.45, 7) is 17.0. The minimum absolute atomic E-state index is 0.00492. The molecule has 2 aliphatic heterocycles. The van der Waals surface area contributed by atoms with Gasteiger partial charge in [-0.2, -0.15) is 0 Å². The second-order valence-electron chi connectivity index (χ2n) is 13.6. The van der Waals surface area contributed by atoms with Crippen molar-refractivity contribution in [3.05, 3.63) is 47.3 Å². The van der Waals surface area contributed by atoms with Crippen LogP contribution in [0.2, 0.25) is 0 Å². The highest BCUT2D eigenvalue weighted by atomic mass is 16.6. The van der Waals surface area contributed by atoms with Crippen LogP contribution in [0, 0.1) is 35.5 Å². The van der Waals surface area contributed by atoms with E-state index in [9.17, 15) is 25.2 Å². The van der Waals surface area contributed by atoms with Gasteiger partial charge in [-0.05, 0) is 38.2 Å². The molecule has 1 saturated heterocycles. The van der Waals surface area contributed by atoms with E-state index in [-0.39, 0.29) is 35.9 Å². The molecule has 0 aromatic rings. The molecule has 1 unspecified atom stereocenters. The van der Waals surface area contributed by atoms with Gasteiger partial charge in [0.2, 0.25) is 5.76 Å². The molecule has 9 nitrogen and oxygen atoms in total. The van der Waals surface area contributed by atoms with Crippen molar-refractivity contribution in [3.8, 4) is 0 Å². The molecule has 9 heteroatoms. The van der Waals surface area contributed by atoms with Crippen molar-refractivity contribution in [3.63, 3.8) is 0 Å². The molecule has 0 saturated carbocycles. The molecule has 0 aliphatic carbocycles. The number of hydrogen-bond donors (Lipinski definition) is 4. The van der Waals surface area contributed by atoms with Crippen LogP contribution in [0.5, 0.6) is 0 Å². The number of carbonyl (C=O) groups is 1. The molecule has 0 radical (unpaired) electrons. The van der Waals surface area contributed by atoms with Crippen molar-refractivity contribution in [2.75, 3.05) is 14.2 Å². The fourth-order valence-electron chi connectivity index (χ4n) is 6.54. The van der Waals surface area contributed by atoms with Crippen molar-refractivity contribution in [2.24, 2.45) is 35.5 Å². The second kappa shape index (κ2) is 16.5. The zero-order valence-corrected chi connectivity index (χ0v) is 28.6. The summed E-state index contributed by atoms with van der Waals surface area (Å²) < 4.78 is 23.4. The predicted molar refractivity (Wildman–Crippen MR) is 170 cm³/mol. The highest BCUT2D eigenvalue weighted by Crippen LogP contribution is 2.41. The first-order valence-electron chi connectivity index (χ1n) is 15.9. The van der Waals surface area contributed by atoms with Crippen molar-refractivity contribution in [1.29, 1.82) is 0 Å². The Bertz CT molecular complexity index is 1060. The fourth-order valence-corrected chi connectivity index (χ4v) is 6.54. The van der Waals surface area contributed by atoms with Crippen molar-refractivity contribution in [1.82, 2.24) is 0 Å². The van der Waals surface area contributed by atoms with Crippen LogP contribution in [0.4, 0.5) is 0 Å². The van der Waals surface area contributed by atoms with E-state index < -0.39 is 60.2 Å². The van der Waals surface area contributed by atoms with E-state index in [1.165, 1.54) is 14.2 Å². The number of allylic oxidation sites excluding steroid dienone is 5. The number of ether oxygens (including phenoxy) is 4. The summed E-state index contributed by atoms with van der Waals surface area (Å²) in [5.41, 5.74) is 1.78. The maximum Gasteiger partial charge on any atom is 0.373 e. The van der Waals surface area contributed by atoms with Crippen LogP contribution < -0.4 is 0 Å². The smallest absolute Gasteiger partial charge is 0.373 e. The lowest BCUT2D eigenvalue weighted by atomic mass is 9.76. The number of aliphatic hydroxyl groups excluding tert-OH is 3. The summed E-state index contributed by atoms with van der Waals surface area (Å²) in [6, 6.07) is 0. The number of carbonyl (C=O) groups excluding carboxylic acids is 1. The number of cyclic esters (lactones) is 1. The lowest BCUT2D eigenvalue weighted by molar-refractivity contribution is -0.328. The lowest BCUT2D eigenvalue weighted by Gasteiger charge is -2.49. The number of hydrogen-bond acceptors (Lipinski definition) is 9. The first-order chi connectivity index (χ1) is 20.5. The van der Waals surface area contributed by atoms with Crippen LogP contribution in [0.25, 0.3) is 0 Å². The summed E-state index contributed by atoms with van der Waals surface area (Å²) >= 11 is 0. The average Bonchev–Trinajstić information content (AvgIpc) is 2.96. The Hall–Kier alpha value is -2.01. The zero-order valence-electron chi connectivity index (χ0n) is 28.6. The Labute approximate surface area is 264 Å². The topological polar surface area (TPSA) is 135 Å². The number of aliphatic hydroxyl groups is 4. The summed E-state index contributed by atoms with van der Waals surface area (Å²) in [5, 5.41) is 45.0. The van der Waals surface area contributed by atoms with Gasteiger partial charge in [0.25, 0.3) is 0 Å². The molecule has 0 amide bonds. The normalized spacial score (nSPS) is 41.2. The van der Waals surface area contributed by atoms with Crippen molar-refractivity contribution < 1.29 is 44.2 Å². The van der Waals surface area contributed by atoms with E-state index in [2.05, 4.69) is 0 Å². The minimum atomic E-state index is -1.80. The molecule has 2 heterocycles. The van der Waals surface area contributed by atoms with Crippen LogP contribution in [-0.4, -0.2) is 83.0 Å². The Morgan fingerprint density at radius 2 is 1.68 bits per heavy atom. The van der Waals surface area contributed by atoms with Gasteiger partial charge >= 0.3 is 5.97 Å². The molecular weight excluding hydrogens is 564 g/mol. The minimum Gasteiger partial charge on any atom is -0.490 e. The zero-order chi connectivity index (χ0) is 33.5. The van der Waals surface area contributed by atoms with Crippen LogP contribution in [0.1, 0.15) is 75.2 Å². The molecular formula is C35H58O9. The third-order valence-corrected chi connectivity index (χ3v) is 9.50. The number of esters is 1. The Morgan fingerprint density at radius 1 is 1.05 bits per heavy atom. The highest BCUT2D eigenvalue weighted by Gasteiger charge is 2.51. The molecule has 0 bridgehead atoms.